The van der Waals surface area contributed by atoms with Crippen molar-refractivity contribution in [2.24, 2.45) is 5.92 Å². The van der Waals surface area contributed by atoms with Crippen molar-refractivity contribution in [3.8, 4) is 6.07 Å². The lowest BCUT2D eigenvalue weighted by atomic mass is 10.0. The van der Waals surface area contributed by atoms with E-state index in [4.69, 9.17) is 5.26 Å². The molecule has 1 aliphatic heterocycles. The Morgan fingerprint density at radius 3 is 2.76 bits per heavy atom. The maximum atomic E-state index is 9.96. The minimum absolute atomic E-state index is 0.125. The second-order valence-corrected chi connectivity index (χ2v) is 4.37. The van der Waals surface area contributed by atoms with Crippen molar-refractivity contribution in [2.75, 3.05) is 6.54 Å². The summed E-state index contributed by atoms with van der Waals surface area (Å²) >= 11 is 0. The Labute approximate surface area is 102 Å². The minimum atomic E-state index is -0.624. The highest BCUT2D eigenvalue weighted by Gasteiger charge is 2.38. The van der Waals surface area contributed by atoms with Gasteiger partial charge in [0.2, 0.25) is 0 Å². The fourth-order valence-corrected chi connectivity index (χ4v) is 2.33. The Balaban J connectivity index is 2.11. The molecule has 0 amide bonds. The molecule has 17 heavy (non-hydrogen) atoms. The molecule has 1 N–H and O–H groups in total. The van der Waals surface area contributed by atoms with Gasteiger partial charge in [0.25, 0.3) is 0 Å². The first-order valence-electron chi connectivity index (χ1n) is 5.74. The van der Waals surface area contributed by atoms with Crippen molar-refractivity contribution >= 4 is 0 Å². The molecule has 1 aromatic rings. The number of rotatable bonds is 3. The lowest BCUT2D eigenvalue weighted by molar-refractivity contribution is 0.126. The summed E-state index contributed by atoms with van der Waals surface area (Å²) in [6, 6.07) is 12.1. The molecule has 0 aromatic heterocycles. The van der Waals surface area contributed by atoms with Crippen LogP contribution in [-0.2, 0) is 6.54 Å². The predicted molar refractivity (Wildman–Crippen MR) is 65.9 cm³/mol. The lowest BCUT2D eigenvalue weighted by Crippen LogP contribution is -2.33. The van der Waals surface area contributed by atoms with Gasteiger partial charge in [0, 0.05) is 13.1 Å². The van der Waals surface area contributed by atoms with Gasteiger partial charge in [-0.2, -0.15) is 5.26 Å². The van der Waals surface area contributed by atoms with E-state index in [0.29, 0.717) is 6.54 Å². The molecule has 88 valence electrons. The fraction of sp³-hybridized carbons (Fsp3) is 0.357. The molecule has 0 spiro atoms. The van der Waals surface area contributed by atoms with Crippen molar-refractivity contribution in [3.63, 3.8) is 0 Å². The summed E-state index contributed by atoms with van der Waals surface area (Å²) in [5, 5.41) is 18.9. The zero-order valence-electron chi connectivity index (χ0n) is 9.66. The zero-order valence-corrected chi connectivity index (χ0v) is 9.66. The summed E-state index contributed by atoms with van der Waals surface area (Å²) < 4.78 is 0. The largest absolute Gasteiger partial charge is 0.390 e. The number of hydrogen-bond donors (Lipinski definition) is 1. The third kappa shape index (κ3) is 2.38. The molecule has 3 heteroatoms. The summed E-state index contributed by atoms with van der Waals surface area (Å²) in [6.45, 7) is 5.09. The van der Waals surface area contributed by atoms with E-state index in [9.17, 15) is 5.11 Å². The summed E-state index contributed by atoms with van der Waals surface area (Å²) in [6.07, 6.45) is 1.10. The summed E-state index contributed by atoms with van der Waals surface area (Å²) in [5.74, 6) is -0.318. The zero-order chi connectivity index (χ0) is 12.3. The number of benzene rings is 1. The number of aliphatic hydroxyl groups excluding tert-OH is 1. The number of hydrogen-bond acceptors (Lipinski definition) is 3. The van der Waals surface area contributed by atoms with Crippen LogP contribution in [0.3, 0.4) is 0 Å². The second kappa shape index (κ2) is 5.13. The van der Waals surface area contributed by atoms with Crippen molar-refractivity contribution in [3.05, 3.63) is 48.6 Å². The highest BCUT2D eigenvalue weighted by Crippen LogP contribution is 2.25. The van der Waals surface area contributed by atoms with Gasteiger partial charge < -0.3 is 5.11 Å². The average molecular weight is 228 g/mol. The van der Waals surface area contributed by atoms with Gasteiger partial charge in [-0.15, -0.1) is 6.58 Å². The van der Waals surface area contributed by atoms with Gasteiger partial charge in [-0.05, 0) is 5.56 Å². The van der Waals surface area contributed by atoms with Crippen LogP contribution in [0.5, 0.6) is 0 Å². The van der Waals surface area contributed by atoms with Gasteiger partial charge in [0.15, 0.2) is 0 Å². The average Bonchev–Trinajstić information content (AvgIpc) is 2.66. The highest BCUT2D eigenvalue weighted by atomic mass is 16.3. The minimum Gasteiger partial charge on any atom is -0.390 e. The topological polar surface area (TPSA) is 47.3 Å². The van der Waals surface area contributed by atoms with E-state index >= 15 is 0 Å². The normalized spacial score (nSPS) is 28.8. The third-order valence-corrected chi connectivity index (χ3v) is 3.25. The molecule has 1 heterocycles. The molecule has 0 aliphatic carbocycles. The Morgan fingerprint density at radius 2 is 2.18 bits per heavy atom. The molecular weight excluding hydrogens is 212 g/mol. The standard InChI is InChI=1S/C14H16N2O/c1-2-13-14(17)12(8-15)10-16(13)9-11-6-4-3-5-7-11/h2-7,12-14,17H,1,9-10H2/t12-,13?,14-/m1/s1. The SMILES string of the molecule is C=CC1[C@H](O)[C@H](C#N)CN1Cc1ccccc1. The second-order valence-electron chi connectivity index (χ2n) is 4.37. The van der Waals surface area contributed by atoms with E-state index in [0.717, 1.165) is 6.54 Å². The first kappa shape index (κ1) is 11.8. The van der Waals surface area contributed by atoms with Gasteiger partial charge in [-0.25, -0.2) is 0 Å². The van der Waals surface area contributed by atoms with Crippen molar-refractivity contribution < 1.29 is 5.11 Å². The van der Waals surface area contributed by atoms with Gasteiger partial charge in [-0.1, -0.05) is 36.4 Å². The number of nitriles is 1. The molecule has 1 fully saturated rings. The van der Waals surface area contributed by atoms with Crippen LogP contribution in [0.4, 0.5) is 0 Å². The Morgan fingerprint density at radius 1 is 1.47 bits per heavy atom. The maximum Gasteiger partial charge on any atom is 0.0901 e. The fourth-order valence-electron chi connectivity index (χ4n) is 2.33. The molecule has 0 radical (unpaired) electrons. The maximum absolute atomic E-state index is 9.96. The summed E-state index contributed by atoms with van der Waals surface area (Å²) in [7, 11) is 0. The van der Waals surface area contributed by atoms with E-state index in [1.807, 2.05) is 30.3 Å². The van der Waals surface area contributed by atoms with Crippen LogP contribution in [-0.4, -0.2) is 28.7 Å². The molecule has 1 aromatic carbocycles. The van der Waals surface area contributed by atoms with Gasteiger partial charge in [0.05, 0.1) is 24.1 Å². The smallest absolute Gasteiger partial charge is 0.0901 e. The first-order valence-corrected chi connectivity index (χ1v) is 5.74. The molecule has 1 aliphatic rings. The van der Waals surface area contributed by atoms with Crippen LogP contribution in [0.25, 0.3) is 0 Å². The monoisotopic (exact) mass is 228 g/mol. The van der Waals surface area contributed by atoms with Crippen LogP contribution >= 0.6 is 0 Å². The molecule has 2 rings (SSSR count). The quantitative estimate of drug-likeness (QED) is 0.799. The van der Waals surface area contributed by atoms with Crippen molar-refractivity contribution in [2.45, 2.75) is 18.7 Å². The van der Waals surface area contributed by atoms with Crippen LogP contribution < -0.4 is 0 Å². The predicted octanol–water partition coefficient (Wildman–Crippen LogP) is 1.56. The van der Waals surface area contributed by atoms with Gasteiger partial charge >= 0.3 is 0 Å². The Kier molecular flexibility index (Phi) is 3.58. The van der Waals surface area contributed by atoms with E-state index in [1.165, 1.54) is 5.56 Å². The van der Waals surface area contributed by atoms with E-state index < -0.39 is 6.10 Å². The number of aliphatic hydroxyl groups is 1. The molecule has 1 unspecified atom stereocenters. The third-order valence-electron chi connectivity index (χ3n) is 3.25. The van der Waals surface area contributed by atoms with Crippen LogP contribution in [0.2, 0.25) is 0 Å². The molecule has 0 saturated carbocycles. The lowest BCUT2D eigenvalue weighted by Gasteiger charge is -2.22. The van der Waals surface area contributed by atoms with Crippen LogP contribution in [0, 0.1) is 17.2 Å². The molecule has 0 bridgehead atoms. The highest BCUT2D eigenvalue weighted by molar-refractivity contribution is 5.17. The first-order chi connectivity index (χ1) is 8.26. The van der Waals surface area contributed by atoms with Gasteiger partial charge in [0.1, 0.15) is 0 Å². The van der Waals surface area contributed by atoms with E-state index in [2.05, 4.69) is 17.5 Å². The summed E-state index contributed by atoms with van der Waals surface area (Å²) in [5.41, 5.74) is 1.19. The number of likely N-dealkylation sites (tertiary alicyclic amines) is 1. The Hall–Kier alpha value is -1.63. The van der Waals surface area contributed by atoms with Crippen molar-refractivity contribution in [1.82, 2.24) is 4.90 Å². The van der Waals surface area contributed by atoms with E-state index in [1.54, 1.807) is 6.08 Å². The van der Waals surface area contributed by atoms with Crippen LogP contribution in [0.15, 0.2) is 43.0 Å². The number of nitrogens with zero attached hydrogens (tertiary/aromatic N) is 2. The molecule has 3 atom stereocenters. The summed E-state index contributed by atoms with van der Waals surface area (Å²) in [4.78, 5) is 2.10. The Bertz CT molecular complexity index is 424. The van der Waals surface area contributed by atoms with Gasteiger partial charge in [-0.3, -0.25) is 4.90 Å². The van der Waals surface area contributed by atoms with Crippen molar-refractivity contribution in [1.29, 1.82) is 5.26 Å². The molecule has 3 nitrogen and oxygen atoms in total. The molecular formula is C14H16N2O. The molecule has 1 saturated heterocycles. The van der Waals surface area contributed by atoms with E-state index in [-0.39, 0.29) is 12.0 Å². The van der Waals surface area contributed by atoms with Crippen LogP contribution in [0.1, 0.15) is 5.56 Å².